The first-order valence-corrected chi connectivity index (χ1v) is 6.61. The lowest BCUT2D eigenvalue weighted by atomic mass is 9.79. The summed E-state index contributed by atoms with van der Waals surface area (Å²) in [4.78, 5) is 4.42. The molecule has 1 aromatic heterocycles. The van der Waals surface area contributed by atoms with E-state index in [0.717, 1.165) is 31.6 Å². The Labute approximate surface area is 105 Å². The molecule has 0 saturated carbocycles. The molecule has 4 heteroatoms. The maximum Gasteiger partial charge on any atom is 0.138 e. The number of hydrogen-bond acceptors (Lipinski definition) is 3. The van der Waals surface area contributed by atoms with E-state index in [1.165, 1.54) is 0 Å². The van der Waals surface area contributed by atoms with Gasteiger partial charge in [-0.05, 0) is 39.2 Å². The molecule has 0 atom stereocenters. The van der Waals surface area contributed by atoms with Gasteiger partial charge in [-0.2, -0.15) is 5.10 Å². The van der Waals surface area contributed by atoms with Crippen LogP contribution in [0.1, 0.15) is 52.4 Å². The Balaban J connectivity index is 2.89. The second kappa shape index (κ2) is 6.15. The van der Waals surface area contributed by atoms with Crippen LogP contribution in [0.3, 0.4) is 0 Å². The van der Waals surface area contributed by atoms with E-state index in [0.29, 0.717) is 11.5 Å². The van der Waals surface area contributed by atoms with Crippen molar-refractivity contribution in [2.45, 2.75) is 53.0 Å². The molecule has 0 aliphatic carbocycles. The van der Waals surface area contributed by atoms with Crippen LogP contribution in [0.15, 0.2) is 6.33 Å². The van der Waals surface area contributed by atoms with Crippen molar-refractivity contribution in [2.24, 2.45) is 5.41 Å². The van der Waals surface area contributed by atoms with Gasteiger partial charge < -0.3 is 5.32 Å². The molecule has 17 heavy (non-hydrogen) atoms. The zero-order chi connectivity index (χ0) is 12.9. The van der Waals surface area contributed by atoms with E-state index < -0.39 is 0 Å². The van der Waals surface area contributed by atoms with Gasteiger partial charge in [-0.25, -0.2) is 9.67 Å². The predicted molar refractivity (Wildman–Crippen MR) is 71.1 cm³/mol. The lowest BCUT2D eigenvalue weighted by Gasteiger charge is -2.31. The zero-order valence-electron chi connectivity index (χ0n) is 11.8. The summed E-state index contributed by atoms with van der Waals surface area (Å²) in [5.74, 6) is 1.11. The third kappa shape index (κ3) is 3.28. The van der Waals surface area contributed by atoms with Crippen molar-refractivity contribution in [1.29, 1.82) is 0 Å². The van der Waals surface area contributed by atoms with E-state index in [-0.39, 0.29) is 0 Å². The molecule has 0 saturated heterocycles. The van der Waals surface area contributed by atoms with Gasteiger partial charge in [0.1, 0.15) is 12.2 Å². The van der Waals surface area contributed by atoms with Crippen LogP contribution in [0.5, 0.6) is 0 Å². The Kier molecular flexibility index (Phi) is 5.12. The Bertz CT molecular complexity index is 326. The van der Waals surface area contributed by atoms with Crippen molar-refractivity contribution < 1.29 is 0 Å². The SMILES string of the molecule is CCC(CC)(CNC)Cc1ncnn1C(C)C. The first kappa shape index (κ1) is 14.2. The molecule has 0 spiro atoms. The number of nitrogens with one attached hydrogen (secondary N) is 1. The van der Waals surface area contributed by atoms with E-state index in [1.807, 2.05) is 11.7 Å². The molecule has 1 rings (SSSR count). The Morgan fingerprint density at radius 3 is 2.47 bits per heavy atom. The van der Waals surface area contributed by atoms with E-state index in [4.69, 9.17) is 0 Å². The highest BCUT2D eigenvalue weighted by molar-refractivity contribution is 4.95. The van der Waals surface area contributed by atoms with Crippen LogP contribution in [-0.2, 0) is 6.42 Å². The lowest BCUT2D eigenvalue weighted by Crippen LogP contribution is -2.34. The number of rotatable bonds is 7. The van der Waals surface area contributed by atoms with Gasteiger partial charge in [0.05, 0.1) is 0 Å². The second-order valence-electron chi connectivity index (χ2n) is 5.13. The largest absolute Gasteiger partial charge is 0.319 e. The van der Waals surface area contributed by atoms with Gasteiger partial charge in [-0.1, -0.05) is 13.8 Å². The van der Waals surface area contributed by atoms with E-state index in [1.54, 1.807) is 6.33 Å². The van der Waals surface area contributed by atoms with Gasteiger partial charge >= 0.3 is 0 Å². The monoisotopic (exact) mass is 238 g/mol. The molecule has 0 bridgehead atoms. The average Bonchev–Trinajstić information content (AvgIpc) is 2.76. The molecule has 1 aromatic rings. The van der Waals surface area contributed by atoms with E-state index >= 15 is 0 Å². The molecular weight excluding hydrogens is 212 g/mol. The molecular formula is C13H26N4. The molecule has 0 radical (unpaired) electrons. The molecule has 0 aromatic carbocycles. The van der Waals surface area contributed by atoms with Crippen molar-refractivity contribution in [3.63, 3.8) is 0 Å². The van der Waals surface area contributed by atoms with Crippen LogP contribution in [0.25, 0.3) is 0 Å². The van der Waals surface area contributed by atoms with Crippen LogP contribution in [0.2, 0.25) is 0 Å². The molecule has 98 valence electrons. The summed E-state index contributed by atoms with van der Waals surface area (Å²) in [5, 5.41) is 7.63. The van der Waals surface area contributed by atoms with Crippen LogP contribution >= 0.6 is 0 Å². The average molecular weight is 238 g/mol. The van der Waals surface area contributed by atoms with Crippen molar-refractivity contribution in [3.05, 3.63) is 12.2 Å². The Morgan fingerprint density at radius 2 is 2.00 bits per heavy atom. The maximum absolute atomic E-state index is 4.42. The lowest BCUT2D eigenvalue weighted by molar-refractivity contribution is 0.242. The predicted octanol–water partition coefficient (Wildman–Crippen LogP) is 2.43. The van der Waals surface area contributed by atoms with Crippen molar-refractivity contribution in [3.8, 4) is 0 Å². The van der Waals surface area contributed by atoms with Gasteiger partial charge in [0.2, 0.25) is 0 Å². The number of hydrogen-bond donors (Lipinski definition) is 1. The standard InChI is InChI=1S/C13H26N4/c1-6-13(7-2,9-14-5)8-12-15-10-16-17(12)11(3)4/h10-11,14H,6-9H2,1-5H3. The fraction of sp³-hybridized carbons (Fsp3) is 0.846. The molecule has 4 nitrogen and oxygen atoms in total. The van der Waals surface area contributed by atoms with Crippen molar-refractivity contribution in [1.82, 2.24) is 20.1 Å². The van der Waals surface area contributed by atoms with Crippen molar-refractivity contribution >= 4 is 0 Å². The first-order chi connectivity index (χ1) is 8.08. The van der Waals surface area contributed by atoms with Crippen molar-refractivity contribution in [2.75, 3.05) is 13.6 Å². The fourth-order valence-electron chi connectivity index (χ4n) is 2.35. The molecule has 0 amide bonds. The third-order valence-electron chi connectivity index (χ3n) is 3.72. The summed E-state index contributed by atoms with van der Waals surface area (Å²) in [6, 6.07) is 0.383. The Morgan fingerprint density at radius 1 is 1.35 bits per heavy atom. The topological polar surface area (TPSA) is 42.7 Å². The molecule has 0 unspecified atom stereocenters. The minimum atomic E-state index is 0.300. The summed E-state index contributed by atoms with van der Waals surface area (Å²) in [7, 11) is 2.02. The molecule has 0 fully saturated rings. The highest BCUT2D eigenvalue weighted by Gasteiger charge is 2.28. The molecule has 0 aliphatic rings. The number of nitrogens with zero attached hydrogens (tertiary/aromatic N) is 3. The highest BCUT2D eigenvalue weighted by atomic mass is 15.3. The van der Waals surface area contributed by atoms with E-state index in [9.17, 15) is 0 Å². The normalized spacial score (nSPS) is 12.4. The highest BCUT2D eigenvalue weighted by Crippen LogP contribution is 2.30. The second-order valence-corrected chi connectivity index (χ2v) is 5.13. The third-order valence-corrected chi connectivity index (χ3v) is 3.72. The van der Waals surface area contributed by atoms with Gasteiger partial charge in [0.25, 0.3) is 0 Å². The summed E-state index contributed by atoms with van der Waals surface area (Å²) < 4.78 is 2.04. The van der Waals surface area contributed by atoms with Crippen LogP contribution in [0, 0.1) is 5.41 Å². The summed E-state index contributed by atoms with van der Waals surface area (Å²) >= 11 is 0. The summed E-state index contributed by atoms with van der Waals surface area (Å²) in [6.07, 6.45) is 4.99. The van der Waals surface area contributed by atoms with Gasteiger partial charge in [0.15, 0.2) is 0 Å². The smallest absolute Gasteiger partial charge is 0.138 e. The number of aromatic nitrogens is 3. The molecule has 1 N–H and O–H groups in total. The maximum atomic E-state index is 4.42. The quantitative estimate of drug-likeness (QED) is 0.793. The van der Waals surface area contributed by atoms with E-state index in [2.05, 4.69) is 43.1 Å². The van der Waals surface area contributed by atoms with Gasteiger partial charge in [-0.15, -0.1) is 0 Å². The first-order valence-electron chi connectivity index (χ1n) is 6.61. The summed E-state index contributed by atoms with van der Waals surface area (Å²) in [5.41, 5.74) is 0.300. The minimum Gasteiger partial charge on any atom is -0.319 e. The van der Waals surface area contributed by atoms with Gasteiger partial charge in [-0.3, -0.25) is 0 Å². The summed E-state index contributed by atoms with van der Waals surface area (Å²) in [6.45, 7) is 9.85. The van der Waals surface area contributed by atoms with Crippen LogP contribution < -0.4 is 5.32 Å². The zero-order valence-corrected chi connectivity index (χ0v) is 11.8. The van der Waals surface area contributed by atoms with Crippen LogP contribution in [-0.4, -0.2) is 28.4 Å². The van der Waals surface area contributed by atoms with Crippen LogP contribution in [0.4, 0.5) is 0 Å². The minimum absolute atomic E-state index is 0.300. The molecule has 1 heterocycles. The fourth-order valence-corrected chi connectivity index (χ4v) is 2.35. The van der Waals surface area contributed by atoms with Gasteiger partial charge in [0, 0.05) is 19.0 Å². The molecule has 0 aliphatic heterocycles. The Hall–Kier alpha value is -0.900.